The highest BCUT2D eigenvalue weighted by molar-refractivity contribution is 6.31. The van der Waals surface area contributed by atoms with Crippen molar-refractivity contribution in [2.75, 3.05) is 6.61 Å². The Bertz CT molecular complexity index is 609. The van der Waals surface area contributed by atoms with E-state index in [4.69, 9.17) is 22.1 Å². The molecule has 0 aliphatic heterocycles. The van der Waals surface area contributed by atoms with Crippen molar-refractivity contribution >= 4 is 28.6 Å². The van der Waals surface area contributed by atoms with Crippen molar-refractivity contribution in [3.63, 3.8) is 0 Å². The van der Waals surface area contributed by atoms with Crippen LogP contribution >= 0.6 is 11.6 Å². The standard InChI is InChI=1S/C13H14ClN3O2/c1-2-5-19-12(18)7-9(15)13-16-10-4-3-8(14)6-11(10)17-13/h2-4,6,9H,1,5,7,15H2,(H,16,17)/t9-/m0/s1. The molecule has 2 rings (SSSR count). The van der Waals surface area contributed by atoms with Gasteiger partial charge in [0, 0.05) is 5.02 Å². The Morgan fingerprint density at radius 3 is 3.16 bits per heavy atom. The molecule has 0 spiro atoms. The van der Waals surface area contributed by atoms with E-state index in [-0.39, 0.29) is 19.0 Å². The molecule has 3 N–H and O–H groups in total. The van der Waals surface area contributed by atoms with E-state index in [1.165, 1.54) is 6.08 Å². The van der Waals surface area contributed by atoms with Crippen LogP contribution in [0.5, 0.6) is 0 Å². The lowest BCUT2D eigenvalue weighted by molar-refractivity contribution is -0.142. The molecule has 0 aliphatic rings. The minimum Gasteiger partial charge on any atom is -0.461 e. The number of aromatic amines is 1. The van der Waals surface area contributed by atoms with Gasteiger partial charge in [0.05, 0.1) is 23.5 Å². The van der Waals surface area contributed by atoms with E-state index in [0.717, 1.165) is 11.0 Å². The first-order valence-corrected chi connectivity index (χ1v) is 6.15. The monoisotopic (exact) mass is 279 g/mol. The largest absolute Gasteiger partial charge is 0.461 e. The maximum atomic E-state index is 11.4. The number of fused-ring (bicyclic) bond motifs is 1. The summed E-state index contributed by atoms with van der Waals surface area (Å²) < 4.78 is 4.88. The number of benzene rings is 1. The van der Waals surface area contributed by atoms with E-state index in [0.29, 0.717) is 10.8 Å². The summed E-state index contributed by atoms with van der Waals surface area (Å²) in [4.78, 5) is 18.8. The average Bonchev–Trinajstić information content (AvgIpc) is 2.79. The van der Waals surface area contributed by atoms with Crippen LogP contribution in [0.3, 0.4) is 0 Å². The number of rotatable bonds is 5. The van der Waals surface area contributed by atoms with Crippen molar-refractivity contribution in [2.24, 2.45) is 5.73 Å². The van der Waals surface area contributed by atoms with Crippen LogP contribution in [0.25, 0.3) is 11.0 Å². The minimum atomic E-state index is -0.538. The van der Waals surface area contributed by atoms with Crippen LogP contribution < -0.4 is 5.73 Å². The molecule has 0 bridgehead atoms. The van der Waals surface area contributed by atoms with Gasteiger partial charge in [0.25, 0.3) is 0 Å². The highest BCUT2D eigenvalue weighted by atomic mass is 35.5. The first-order chi connectivity index (χ1) is 9.10. The summed E-state index contributed by atoms with van der Waals surface area (Å²) in [5, 5.41) is 0.601. The summed E-state index contributed by atoms with van der Waals surface area (Å²) in [6.45, 7) is 3.65. The molecule has 0 amide bonds. The van der Waals surface area contributed by atoms with Crippen LogP contribution in [0, 0.1) is 0 Å². The van der Waals surface area contributed by atoms with Crippen molar-refractivity contribution in [1.82, 2.24) is 9.97 Å². The summed E-state index contributed by atoms with van der Waals surface area (Å²) >= 11 is 5.88. The predicted octanol–water partition coefficient (Wildman–Crippen LogP) is 2.34. The van der Waals surface area contributed by atoms with Gasteiger partial charge in [0.1, 0.15) is 12.4 Å². The zero-order valence-electron chi connectivity index (χ0n) is 10.2. The van der Waals surface area contributed by atoms with Crippen molar-refractivity contribution in [1.29, 1.82) is 0 Å². The van der Waals surface area contributed by atoms with Crippen molar-refractivity contribution < 1.29 is 9.53 Å². The third-order valence-corrected chi connectivity index (χ3v) is 2.80. The van der Waals surface area contributed by atoms with Crippen LogP contribution in [0.1, 0.15) is 18.3 Å². The number of aromatic nitrogens is 2. The third kappa shape index (κ3) is 3.33. The SMILES string of the molecule is C=CCOC(=O)C[C@H](N)c1nc2cc(Cl)ccc2[nH]1. The molecule has 100 valence electrons. The summed E-state index contributed by atoms with van der Waals surface area (Å²) in [6, 6.07) is 4.77. The number of carbonyl (C=O) groups excluding carboxylic acids is 1. The summed E-state index contributed by atoms with van der Waals surface area (Å²) in [5.74, 6) is 0.152. The third-order valence-electron chi connectivity index (χ3n) is 2.56. The topological polar surface area (TPSA) is 81.0 Å². The van der Waals surface area contributed by atoms with E-state index in [1.54, 1.807) is 12.1 Å². The fourth-order valence-electron chi connectivity index (χ4n) is 1.66. The van der Waals surface area contributed by atoms with E-state index < -0.39 is 6.04 Å². The number of hydrogen-bond acceptors (Lipinski definition) is 4. The number of imidazole rings is 1. The highest BCUT2D eigenvalue weighted by Gasteiger charge is 2.16. The molecular formula is C13H14ClN3O2. The molecule has 1 atom stereocenters. The average molecular weight is 280 g/mol. The van der Waals surface area contributed by atoms with Crippen LogP contribution in [0.15, 0.2) is 30.9 Å². The summed E-state index contributed by atoms with van der Waals surface area (Å²) in [7, 11) is 0. The number of halogens is 1. The number of nitrogens with two attached hydrogens (primary N) is 1. The van der Waals surface area contributed by atoms with Gasteiger partial charge in [-0.3, -0.25) is 4.79 Å². The maximum Gasteiger partial charge on any atom is 0.308 e. The smallest absolute Gasteiger partial charge is 0.308 e. The Hall–Kier alpha value is -1.85. The zero-order chi connectivity index (χ0) is 13.8. The highest BCUT2D eigenvalue weighted by Crippen LogP contribution is 2.20. The van der Waals surface area contributed by atoms with Crippen molar-refractivity contribution in [3.8, 4) is 0 Å². The number of carbonyl (C=O) groups is 1. The Balaban J connectivity index is 2.10. The lowest BCUT2D eigenvalue weighted by atomic mass is 10.2. The Morgan fingerprint density at radius 1 is 1.63 bits per heavy atom. The normalized spacial score (nSPS) is 12.3. The number of H-pyrrole nitrogens is 1. The van der Waals surface area contributed by atoms with Gasteiger partial charge < -0.3 is 15.5 Å². The quantitative estimate of drug-likeness (QED) is 0.650. The lowest BCUT2D eigenvalue weighted by Gasteiger charge is -2.07. The molecule has 2 aromatic rings. The summed E-state index contributed by atoms with van der Waals surface area (Å²) in [5.41, 5.74) is 7.46. The van der Waals surface area contributed by atoms with Crippen LogP contribution in [-0.4, -0.2) is 22.5 Å². The molecule has 0 saturated carbocycles. The molecule has 0 unspecified atom stereocenters. The molecule has 1 aromatic heterocycles. The summed E-state index contributed by atoms with van der Waals surface area (Å²) in [6.07, 6.45) is 1.56. The Morgan fingerprint density at radius 2 is 2.42 bits per heavy atom. The van der Waals surface area contributed by atoms with Gasteiger partial charge in [0.2, 0.25) is 0 Å². The first kappa shape index (κ1) is 13.6. The van der Waals surface area contributed by atoms with E-state index in [9.17, 15) is 4.79 Å². The molecule has 6 heteroatoms. The van der Waals surface area contributed by atoms with Gasteiger partial charge in [-0.1, -0.05) is 24.3 Å². The molecule has 19 heavy (non-hydrogen) atoms. The molecule has 0 saturated heterocycles. The van der Waals surface area contributed by atoms with E-state index in [2.05, 4.69) is 16.5 Å². The van der Waals surface area contributed by atoms with Gasteiger partial charge in [-0.25, -0.2) is 4.98 Å². The molecule has 5 nitrogen and oxygen atoms in total. The first-order valence-electron chi connectivity index (χ1n) is 5.77. The van der Waals surface area contributed by atoms with Crippen LogP contribution in [0.4, 0.5) is 0 Å². The van der Waals surface area contributed by atoms with Gasteiger partial charge >= 0.3 is 5.97 Å². The maximum absolute atomic E-state index is 11.4. The minimum absolute atomic E-state index is 0.0569. The van der Waals surface area contributed by atoms with Gasteiger partial charge in [-0.2, -0.15) is 0 Å². The van der Waals surface area contributed by atoms with Crippen molar-refractivity contribution in [2.45, 2.75) is 12.5 Å². The molecule has 0 radical (unpaired) electrons. The van der Waals surface area contributed by atoms with Gasteiger partial charge in [-0.05, 0) is 18.2 Å². The van der Waals surface area contributed by atoms with Crippen LogP contribution in [-0.2, 0) is 9.53 Å². The fourth-order valence-corrected chi connectivity index (χ4v) is 1.83. The predicted molar refractivity (Wildman–Crippen MR) is 73.8 cm³/mol. The molecule has 1 heterocycles. The van der Waals surface area contributed by atoms with Crippen molar-refractivity contribution in [3.05, 3.63) is 41.7 Å². The number of nitrogens with zero attached hydrogens (tertiary/aromatic N) is 1. The molecular weight excluding hydrogens is 266 g/mol. The van der Waals surface area contributed by atoms with Gasteiger partial charge in [0.15, 0.2) is 0 Å². The molecule has 1 aromatic carbocycles. The number of ether oxygens (including phenoxy) is 1. The molecule has 0 aliphatic carbocycles. The second-order valence-corrected chi connectivity index (χ2v) is 4.50. The van der Waals surface area contributed by atoms with Gasteiger partial charge in [-0.15, -0.1) is 0 Å². The second-order valence-electron chi connectivity index (χ2n) is 4.07. The zero-order valence-corrected chi connectivity index (χ0v) is 11.0. The van der Waals surface area contributed by atoms with Crippen LogP contribution in [0.2, 0.25) is 5.02 Å². The number of nitrogens with one attached hydrogen (secondary N) is 1. The molecule has 0 fully saturated rings. The van der Waals surface area contributed by atoms with E-state index in [1.807, 2.05) is 6.07 Å². The fraction of sp³-hybridized carbons (Fsp3) is 0.231. The second kappa shape index (κ2) is 5.86. The Labute approximate surface area is 115 Å². The van der Waals surface area contributed by atoms with E-state index >= 15 is 0 Å². The lowest BCUT2D eigenvalue weighted by Crippen LogP contribution is -2.18. The number of esters is 1. The number of hydrogen-bond donors (Lipinski definition) is 2. The Kier molecular flexibility index (Phi) is 4.19.